The highest BCUT2D eigenvalue weighted by atomic mass is 35.5. The van der Waals surface area contributed by atoms with Crippen LogP contribution in [0.2, 0.25) is 5.15 Å². The molecule has 2 unspecified atom stereocenters. The summed E-state index contributed by atoms with van der Waals surface area (Å²) < 4.78 is 1.47. The third kappa shape index (κ3) is 2.70. The molecule has 2 rings (SSSR count). The Balaban J connectivity index is 2.47. The summed E-state index contributed by atoms with van der Waals surface area (Å²) in [4.78, 5) is 28.7. The number of carbonyl (C=O) groups excluding carboxylic acids is 1. The first-order chi connectivity index (χ1) is 9.84. The molecule has 7 nitrogen and oxygen atoms in total. The number of aliphatic hydroxyl groups is 1. The van der Waals surface area contributed by atoms with Gasteiger partial charge < -0.3 is 15.1 Å². The van der Waals surface area contributed by atoms with Gasteiger partial charge in [-0.05, 0) is 19.1 Å². The van der Waals surface area contributed by atoms with Crippen molar-refractivity contribution in [1.82, 2.24) is 14.3 Å². The number of fused-ring (bicyclic) bond motifs is 1. The van der Waals surface area contributed by atoms with Crippen LogP contribution >= 0.6 is 11.6 Å². The van der Waals surface area contributed by atoms with Crippen molar-refractivity contribution in [2.45, 2.75) is 19.1 Å². The highest BCUT2D eigenvalue weighted by Crippen LogP contribution is 2.20. The molecule has 0 saturated heterocycles. The van der Waals surface area contributed by atoms with E-state index in [0.717, 1.165) is 4.90 Å². The minimum absolute atomic E-state index is 0.0206. The number of likely N-dealkylation sites (N-methyl/N-ethyl adjacent to an activating group) is 1. The number of hydrogen-bond acceptors (Lipinski definition) is 4. The van der Waals surface area contributed by atoms with Gasteiger partial charge in [0.25, 0.3) is 5.91 Å². The summed E-state index contributed by atoms with van der Waals surface area (Å²) in [5.41, 5.74) is 0.532. The van der Waals surface area contributed by atoms with Gasteiger partial charge in [-0.1, -0.05) is 17.7 Å². The summed E-state index contributed by atoms with van der Waals surface area (Å²) in [6.07, 6.45) is 0.377. The first-order valence-corrected chi connectivity index (χ1v) is 6.53. The number of aliphatic hydroxyl groups excluding tert-OH is 1. The third-order valence-electron chi connectivity index (χ3n) is 3.14. The van der Waals surface area contributed by atoms with Crippen molar-refractivity contribution in [2.75, 3.05) is 7.05 Å². The topological polar surface area (TPSA) is 95.1 Å². The Kier molecular flexibility index (Phi) is 4.15. The molecule has 0 fully saturated rings. The fourth-order valence-corrected chi connectivity index (χ4v) is 2.41. The molecule has 2 heterocycles. The Labute approximate surface area is 125 Å². The molecule has 112 valence electrons. The maximum atomic E-state index is 12.5. The molecule has 0 aromatic carbocycles. The fourth-order valence-electron chi connectivity index (χ4n) is 2.15. The van der Waals surface area contributed by atoms with Crippen LogP contribution in [-0.2, 0) is 4.79 Å². The number of carbonyl (C=O) groups is 2. The lowest BCUT2D eigenvalue weighted by Gasteiger charge is -2.26. The quantitative estimate of drug-likeness (QED) is 0.874. The van der Waals surface area contributed by atoms with E-state index in [-0.39, 0.29) is 10.8 Å². The second-order valence-corrected chi connectivity index (χ2v) is 4.98. The maximum absolute atomic E-state index is 12.5. The second-order valence-electron chi connectivity index (χ2n) is 4.62. The molecule has 2 atom stereocenters. The van der Waals surface area contributed by atoms with E-state index in [1.165, 1.54) is 18.4 Å². The predicted octanol–water partition coefficient (Wildman–Crippen LogP) is 0.894. The Morgan fingerprint density at radius 2 is 2.10 bits per heavy atom. The van der Waals surface area contributed by atoms with Gasteiger partial charge in [0.2, 0.25) is 0 Å². The molecule has 2 aromatic rings. The minimum Gasteiger partial charge on any atom is -0.480 e. The normalized spacial score (nSPS) is 13.9. The van der Waals surface area contributed by atoms with E-state index >= 15 is 0 Å². The van der Waals surface area contributed by atoms with Crippen molar-refractivity contribution in [3.8, 4) is 0 Å². The summed E-state index contributed by atoms with van der Waals surface area (Å²) in [5, 5.41) is 18.7. The molecule has 0 aliphatic heterocycles. The maximum Gasteiger partial charge on any atom is 0.329 e. The monoisotopic (exact) mass is 311 g/mol. The minimum atomic E-state index is -1.37. The van der Waals surface area contributed by atoms with Gasteiger partial charge in [0.15, 0.2) is 16.9 Å². The summed E-state index contributed by atoms with van der Waals surface area (Å²) >= 11 is 5.98. The first kappa shape index (κ1) is 15.3. The number of carboxylic acids is 1. The zero-order valence-electron chi connectivity index (χ0n) is 11.4. The van der Waals surface area contributed by atoms with Crippen molar-refractivity contribution in [3.05, 3.63) is 35.2 Å². The molecule has 8 heteroatoms. The summed E-state index contributed by atoms with van der Waals surface area (Å²) in [5.74, 6) is -1.93. The summed E-state index contributed by atoms with van der Waals surface area (Å²) in [6.45, 7) is 1.30. The van der Waals surface area contributed by atoms with Crippen LogP contribution in [0.15, 0.2) is 24.4 Å². The number of aliphatic carboxylic acids is 1. The smallest absolute Gasteiger partial charge is 0.329 e. The van der Waals surface area contributed by atoms with Gasteiger partial charge in [0, 0.05) is 13.2 Å². The zero-order chi connectivity index (χ0) is 15.7. The van der Waals surface area contributed by atoms with E-state index in [1.807, 2.05) is 0 Å². The predicted molar refractivity (Wildman–Crippen MR) is 75.4 cm³/mol. The summed E-state index contributed by atoms with van der Waals surface area (Å²) in [7, 11) is 1.30. The number of amides is 1. The molecule has 0 aliphatic rings. The highest BCUT2D eigenvalue weighted by molar-refractivity contribution is 6.32. The van der Waals surface area contributed by atoms with Crippen molar-refractivity contribution in [2.24, 2.45) is 0 Å². The van der Waals surface area contributed by atoms with E-state index in [0.29, 0.717) is 5.65 Å². The number of pyridine rings is 1. The molecule has 2 N–H and O–H groups in total. The average Bonchev–Trinajstić information content (AvgIpc) is 2.72. The number of nitrogens with zero attached hydrogens (tertiary/aromatic N) is 3. The van der Waals surface area contributed by atoms with E-state index in [4.69, 9.17) is 16.7 Å². The molecule has 0 spiro atoms. The molecule has 2 aromatic heterocycles. The van der Waals surface area contributed by atoms with E-state index in [2.05, 4.69) is 4.98 Å². The second kappa shape index (κ2) is 5.71. The molecule has 21 heavy (non-hydrogen) atoms. The van der Waals surface area contributed by atoms with E-state index < -0.39 is 24.0 Å². The van der Waals surface area contributed by atoms with Crippen molar-refractivity contribution in [1.29, 1.82) is 0 Å². The van der Waals surface area contributed by atoms with Crippen LogP contribution in [0.3, 0.4) is 0 Å². The van der Waals surface area contributed by atoms with Crippen LogP contribution in [0.5, 0.6) is 0 Å². The number of imidazole rings is 1. The lowest BCUT2D eigenvalue weighted by Crippen LogP contribution is -2.49. The standard InChI is InChI=1S/C13H14ClN3O4/c1-7(18)9(13(20)21)16(2)12(19)10-11(14)15-8-5-3-4-6-17(8)10/h3-7,9,18H,1-2H3,(H,20,21). The van der Waals surface area contributed by atoms with Crippen LogP contribution in [0.25, 0.3) is 5.65 Å². The molecular formula is C13H14ClN3O4. The van der Waals surface area contributed by atoms with Crippen molar-refractivity contribution in [3.63, 3.8) is 0 Å². The van der Waals surface area contributed by atoms with Crippen LogP contribution in [-0.4, -0.2) is 55.6 Å². The molecular weight excluding hydrogens is 298 g/mol. The summed E-state index contributed by atoms with van der Waals surface area (Å²) in [6, 6.07) is 3.74. The number of halogens is 1. The van der Waals surface area contributed by atoms with Crippen LogP contribution in [0, 0.1) is 0 Å². The highest BCUT2D eigenvalue weighted by Gasteiger charge is 2.33. The van der Waals surface area contributed by atoms with E-state index in [9.17, 15) is 14.7 Å². The molecule has 0 radical (unpaired) electrons. The fraction of sp³-hybridized carbons (Fsp3) is 0.308. The Bertz CT molecular complexity index is 698. The van der Waals surface area contributed by atoms with E-state index in [1.54, 1.807) is 24.4 Å². The van der Waals surface area contributed by atoms with Gasteiger partial charge in [-0.15, -0.1) is 0 Å². The molecule has 0 saturated carbocycles. The van der Waals surface area contributed by atoms with Gasteiger partial charge in [-0.2, -0.15) is 0 Å². The van der Waals surface area contributed by atoms with Gasteiger partial charge in [0.05, 0.1) is 6.10 Å². The number of rotatable bonds is 4. The lowest BCUT2D eigenvalue weighted by molar-refractivity contribution is -0.145. The lowest BCUT2D eigenvalue weighted by atomic mass is 10.1. The van der Waals surface area contributed by atoms with Crippen molar-refractivity contribution < 1.29 is 19.8 Å². The van der Waals surface area contributed by atoms with Crippen LogP contribution in [0.1, 0.15) is 17.4 Å². The van der Waals surface area contributed by atoms with Gasteiger partial charge in [0.1, 0.15) is 5.65 Å². The largest absolute Gasteiger partial charge is 0.480 e. The van der Waals surface area contributed by atoms with Gasteiger partial charge >= 0.3 is 5.97 Å². The molecule has 0 bridgehead atoms. The first-order valence-electron chi connectivity index (χ1n) is 6.15. The van der Waals surface area contributed by atoms with Gasteiger partial charge in [-0.3, -0.25) is 9.20 Å². The van der Waals surface area contributed by atoms with Crippen molar-refractivity contribution >= 4 is 29.1 Å². The number of aromatic nitrogens is 2. The van der Waals surface area contributed by atoms with Gasteiger partial charge in [-0.25, -0.2) is 9.78 Å². The SMILES string of the molecule is CC(O)C(C(=O)O)N(C)C(=O)c1c(Cl)nc2ccccn12. The third-order valence-corrected chi connectivity index (χ3v) is 3.40. The molecule has 0 aliphatic carbocycles. The number of carboxylic acid groups (broad SMARTS) is 1. The van der Waals surface area contributed by atoms with Crippen LogP contribution in [0.4, 0.5) is 0 Å². The molecule has 1 amide bonds. The van der Waals surface area contributed by atoms with Crippen LogP contribution < -0.4 is 0 Å². The zero-order valence-corrected chi connectivity index (χ0v) is 12.2. The average molecular weight is 312 g/mol. The Morgan fingerprint density at radius 1 is 1.43 bits per heavy atom. The Morgan fingerprint density at radius 3 is 2.67 bits per heavy atom. The number of hydrogen-bond donors (Lipinski definition) is 2. The Hall–Kier alpha value is -2.12.